The largest absolute Gasteiger partial charge is 0.401 e. The van der Waals surface area contributed by atoms with Crippen LogP contribution >= 0.6 is 0 Å². The number of carbonyl (C=O) groups is 1. The van der Waals surface area contributed by atoms with E-state index < -0.39 is 24.2 Å². The van der Waals surface area contributed by atoms with Crippen LogP contribution < -0.4 is 11.1 Å². The van der Waals surface area contributed by atoms with Crippen molar-refractivity contribution in [2.45, 2.75) is 37.5 Å². The molecule has 1 aliphatic carbocycles. The van der Waals surface area contributed by atoms with Gasteiger partial charge in [-0.3, -0.25) is 19.9 Å². The van der Waals surface area contributed by atoms with Crippen LogP contribution in [-0.4, -0.2) is 72.7 Å². The molecule has 1 aliphatic heterocycles. The Bertz CT molecular complexity index is 378. The number of hydrogen-bond acceptors (Lipinski definition) is 4. The average molecular weight is 308 g/mol. The third kappa shape index (κ3) is 5.12. The molecule has 122 valence electrons. The summed E-state index contributed by atoms with van der Waals surface area (Å²) < 4.78 is 37.0. The summed E-state index contributed by atoms with van der Waals surface area (Å²) in [5, 5.41) is 3.25. The Hall–Kier alpha value is -0.860. The van der Waals surface area contributed by atoms with Gasteiger partial charge in [-0.25, -0.2) is 0 Å². The minimum atomic E-state index is -4.16. The summed E-state index contributed by atoms with van der Waals surface area (Å²) in [6, 6.07) is 0.342. The van der Waals surface area contributed by atoms with Crippen molar-refractivity contribution < 1.29 is 18.0 Å². The molecule has 2 fully saturated rings. The number of halogens is 3. The highest BCUT2D eigenvalue weighted by atomic mass is 19.4. The average Bonchev–Trinajstić information content (AvgIpc) is 3.13. The van der Waals surface area contributed by atoms with Gasteiger partial charge in [0, 0.05) is 38.8 Å². The quantitative estimate of drug-likeness (QED) is 0.734. The van der Waals surface area contributed by atoms with Gasteiger partial charge < -0.3 is 5.73 Å². The van der Waals surface area contributed by atoms with E-state index in [4.69, 9.17) is 5.73 Å². The third-order valence-corrected chi connectivity index (χ3v) is 4.05. The van der Waals surface area contributed by atoms with Crippen LogP contribution in [0.2, 0.25) is 0 Å². The van der Waals surface area contributed by atoms with Gasteiger partial charge in [-0.15, -0.1) is 0 Å². The maximum atomic E-state index is 12.3. The highest BCUT2D eigenvalue weighted by Crippen LogP contribution is 2.23. The molecule has 0 spiro atoms. The summed E-state index contributed by atoms with van der Waals surface area (Å²) in [6.45, 7) is 3.11. The lowest BCUT2D eigenvalue weighted by Gasteiger charge is -2.39. The fraction of sp³-hybridized carbons (Fsp3) is 0.923. The number of hydrogen-bond donors (Lipinski definition) is 2. The molecule has 1 amide bonds. The van der Waals surface area contributed by atoms with Crippen LogP contribution in [0.25, 0.3) is 0 Å². The zero-order valence-electron chi connectivity index (χ0n) is 12.2. The molecular weight excluding hydrogens is 285 g/mol. The molecule has 1 saturated heterocycles. The van der Waals surface area contributed by atoms with E-state index in [9.17, 15) is 18.0 Å². The Morgan fingerprint density at radius 1 is 1.14 bits per heavy atom. The lowest BCUT2D eigenvalue weighted by atomic mass is 10.00. The zero-order chi connectivity index (χ0) is 15.7. The normalized spacial score (nSPS) is 24.8. The third-order valence-electron chi connectivity index (χ3n) is 4.05. The van der Waals surface area contributed by atoms with Crippen LogP contribution in [0.15, 0.2) is 0 Å². The van der Waals surface area contributed by atoms with Crippen molar-refractivity contribution in [3.8, 4) is 0 Å². The minimum Gasteiger partial charge on any atom is -0.368 e. The standard InChI is InChI=1S/C13H23F3N4O/c1-12(11(17)21,18-10-2-3-10)8-19-4-6-20(7-5-19)9-13(14,15)16/h10,18H,2-9H2,1H3,(H2,17,21). The Morgan fingerprint density at radius 2 is 1.62 bits per heavy atom. The highest BCUT2D eigenvalue weighted by molar-refractivity contribution is 5.84. The zero-order valence-corrected chi connectivity index (χ0v) is 12.2. The van der Waals surface area contributed by atoms with E-state index >= 15 is 0 Å². The van der Waals surface area contributed by atoms with Crippen molar-refractivity contribution in [1.29, 1.82) is 0 Å². The fourth-order valence-corrected chi connectivity index (χ4v) is 2.68. The number of nitrogens with one attached hydrogen (secondary N) is 1. The minimum absolute atomic E-state index is 0.342. The van der Waals surface area contributed by atoms with Gasteiger partial charge in [-0.2, -0.15) is 13.2 Å². The van der Waals surface area contributed by atoms with Crippen LogP contribution in [0.1, 0.15) is 19.8 Å². The van der Waals surface area contributed by atoms with Crippen LogP contribution in [0.5, 0.6) is 0 Å². The lowest BCUT2D eigenvalue weighted by molar-refractivity contribution is -0.149. The Kier molecular flexibility index (Phi) is 4.79. The van der Waals surface area contributed by atoms with Gasteiger partial charge in [0.15, 0.2) is 0 Å². The van der Waals surface area contributed by atoms with E-state index in [1.165, 1.54) is 4.90 Å². The maximum Gasteiger partial charge on any atom is 0.401 e. The van der Waals surface area contributed by atoms with Crippen molar-refractivity contribution in [3.05, 3.63) is 0 Å². The van der Waals surface area contributed by atoms with E-state index in [-0.39, 0.29) is 0 Å². The van der Waals surface area contributed by atoms with Gasteiger partial charge in [0.2, 0.25) is 5.91 Å². The molecule has 1 atom stereocenters. The number of primary amides is 1. The summed E-state index contributed by atoms with van der Waals surface area (Å²) in [5.74, 6) is -0.410. The van der Waals surface area contributed by atoms with Crippen molar-refractivity contribution in [2.75, 3.05) is 39.3 Å². The first-order valence-electron chi connectivity index (χ1n) is 7.27. The molecule has 0 aromatic heterocycles. The summed E-state index contributed by atoms with van der Waals surface area (Å²) in [6.07, 6.45) is -2.07. The molecule has 1 heterocycles. The van der Waals surface area contributed by atoms with Crippen molar-refractivity contribution >= 4 is 5.91 Å². The first kappa shape index (κ1) is 16.5. The lowest BCUT2D eigenvalue weighted by Crippen LogP contribution is -2.62. The number of amides is 1. The van der Waals surface area contributed by atoms with Gasteiger partial charge in [0.25, 0.3) is 0 Å². The second kappa shape index (κ2) is 6.10. The van der Waals surface area contributed by atoms with Gasteiger partial charge in [0.05, 0.1) is 6.54 Å². The second-order valence-electron chi connectivity index (χ2n) is 6.28. The van der Waals surface area contributed by atoms with Gasteiger partial charge >= 0.3 is 6.18 Å². The first-order chi connectivity index (χ1) is 9.68. The summed E-state index contributed by atoms with van der Waals surface area (Å²) in [4.78, 5) is 15.1. The van der Waals surface area contributed by atoms with Crippen molar-refractivity contribution in [3.63, 3.8) is 0 Å². The Labute approximate surface area is 122 Å². The molecule has 21 heavy (non-hydrogen) atoms. The number of nitrogens with zero attached hydrogens (tertiary/aromatic N) is 2. The smallest absolute Gasteiger partial charge is 0.368 e. The molecule has 3 N–H and O–H groups in total. The molecule has 1 unspecified atom stereocenters. The van der Waals surface area contributed by atoms with Gasteiger partial charge in [0.1, 0.15) is 5.54 Å². The maximum absolute atomic E-state index is 12.3. The van der Waals surface area contributed by atoms with Crippen LogP contribution in [0.3, 0.4) is 0 Å². The first-order valence-corrected chi connectivity index (χ1v) is 7.27. The molecule has 0 radical (unpaired) electrons. The summed E-state index contributed by atoms with van der Waals surface area (Å²) >= 11 is 0. The molecule has 5 nitrogen and oxygen atoms in total. The fourth-order valence-electron chi connectivity index (χ4n) is 2.68. The van der Waals surface area contributed by atoms with Gasteiger partial charge in [-0.05, 0) is 19.8 Å². The number of carbonyl (C=O) groups excluding carboxylic acids is 1. The molecule has 0 aromatic carbocycles. The van der Waals surface area contributed by atoms with E-state index in [1.54, 1.807) is 6.92 Å². The van der Waals surface area contributed by atoms with E-state index in [1.807, 2.05) is 4.90 Å². The molecule has 2 aliphatic rings. The van der Waals surface area contributed by atoms with E-state index in [0.717, 1.165) is 12.8 Å². The summed E-state index contributed by atoms with van der Waals surface area (Å²) in [7, 11) is 0. The number of nitrogens with two attached hydrogens (primary N) is 1. The molecule has 2 rings (SSSR count). The van der Waals surface area contributed by atoms with Crippen LogP contribution in [0.4, 0.5) is 13.2 Å². The predicted molar refractivity (Wildman–Crippen MR) is 72.7 cm³/mol. The number of rotatable bonds is 6. The Morgan fingerprint density at radius 3 is 2.00 bits per heavy atom. The SMILES string of the molecule is CC(CN1CCN(CC(F)(F)F)CC1)(NC1CC1)C(N)=O. The Balaban J connectivity index is 1.82. The molecule has 0 aromatic rings. The van der Waals surface area contributed by atoms with Crippen molar-refractivity contribution in [1.82, 2.24) is 15.1 Å². The van der Waals surface area contributed by atoms with Crippen LogP contribution in [-0.2, 0) is 4.79 Å². The predicted octanol–water partition coefficient (Wildman–Crippen LogP) is 0.162. The molecular formula is C13H23F3N4O. The highest BCUT2D eigenvalue weighted by Gasteiger charge is 2.39. The molecule has 8 heteroatoms. The number of piperazine rings is 1. The molecule has 1 saturated carbocycles. The van der Waals surface area contributed by atoms with E-state index in [2.05, 4.69) is 5.32 Å². The number of alkyl halides is 3. The van der Waals surface area contributed by atoms with Crippen molar-refractivity contribution in [2.24, 2.45) is 5.73 Å². The summed E-state index contributed by atoms with van der Waals surface area (Å²) in [5.41, 5.74) is 4.68. The molecule has 0 bridgehead atoms. The van der Waals surface area contributed by atoms with Crippen LogP contribution in [0, 0.1) is 0 Å². The monoisotopic (exact) mass is 308 g/mol. The van der Waals surface area contributed by atoms with Gasteiger partial charge in [-0.1, -0.05) is 0 Å². The van der Waals surface area contributed by atoms with E-state index in [0.29, 0.717) is 38.8 Å². The second-order valence-corrected chi connectivity index (χ2v) is 6.28. The topological polar surface area (TPSA) is 61.6 Å².